The van der Waals surface area contributed by atoms with Crippen LogP contribution >= 0.6 is 0 Å². The topological polar surface area (TPSA) is 129 Å². The summed E-state index contributed by atoms with van der Waals surface area (Å²) in [6.45, 7) is 5.45. The fraction of sp³-hybridized carbons (Fsp3) is 0.606. The quantitative estimate of drug-likeness (QED) is 0.166. The number of hydrogen-bond acceptors (Lipinski definition) is 6. The molecule has 9 nitrogen and oxygen atoms in total. The summed E-state index contributed by atoms with van der Waals surface area (Å²) in [5.41, 5.74) is 2.82. The number of hydrogen-bond donors (Lipinski definition) is 4. The predicted molar refractivity (Wildman–Crippen MR) is 165 cm³/mol. The Labute approximate surface area is 248 Å². The van der Waals surface area contributed by atoms with E-state index in [1.807, 2.05) is 0 Å². The number of carbonyl (C=O) groups is 1. The van der Waals surface area contributed by atoms with Crippen LogP contribution in [-0.2, 0) is 6.54 Å². The van der Waals surface area contributed by atoms with E-state index in [0.717, 1.165) is 36.6 Å². The van der Waals surface area contributed by atoms with Crippen molar-refractivity contribution in [2.75, 3.05) is 5.32 Å². The molecule has 3 aliphatic rings. The van der Waals surface area contributed by atoms with Gasteiger partial charge in [-0.15, -0.1) is 0 Å². The number of fused-ring (bicyclic) bond motifs is 1. The highest BCUT2D eigenvalue weighted by molar-refractivity contribution is 6.03. The lowest BCUT2D eigenvalue weighted by Gasteiger charge is -2.34. The van der Waals surface area contributed by atoms with E-state index in [2.05, 4.69) is 59.4 Å². The van der Waals surface area contributed by atoms with Gasteiger partial charge in [-0.25, -0.2) is 19.7 Å². The molecule has 3 atom stereocenters. The molecule has 1 amide bonds. The first kappa shape index (κ1) is 28.6. The van der Waals surface area contributed by atoms with E-state index in [0.29, 0.717) is 29.2 Å². The molecule has 4 N–H and O–H groups in total. The average Bonchev–Trinajstić information content (AvgIpc) is 3.31. The van der Waals surface area contributed by atoms with E-state index >= 15 is 0 Å². The molecule has 2 heterocycles. The number of rotatable bonds is 8. The van der Waals surface area contributed by atoms with E-state index in [1.54, 1.807) is 0 Å². The van der Waals surface area contributed by atoms with Crippen molar-refractivity contribution in [3.63, 3.8) is 0 Å². The largest absolute Gasteiger partial charge is 0.465 e. The van der Waals surface area contributed by atoms with Crippen LogP contribution in [0.25, 0.3) is 11.2 Å². The highest BCUT2D eigenvalue weighted by Gasteiger charge is 2.35. The maximum absolute atomic E-state index is 11.4. The molecule has 2 aromatic heterocycles. The first-order valence-corrected chi connectivity index (χ1v) is 16.1. The normalized spacial score (nSPS) is 25.5. The third-order valence-corrected chi connectivity index (χ3v) is 10.2. The molecule has 2 unspecified atom stereocenters. The van der Waals surface area contributed by atoms with Gasteiger partial charge in [-0.1, -0.05) is 69.4 Å². The van der Waals surface area contributed by atoms with Gasteiger partial charge in [0, 0.05) is 18.5 Å². The standard InChI is InChI=1S/C33H45N7O2/c1-20-15-17-22(18-16-20)19-40-27-29(35-21(2)23-11-8-12-23)37-31(28(34)36-33(41)42)38-30(27)39-32(40)26-14-7-6-13-25(26)24-9-4-3-5-10-24/h3-5,9-10,20-23,25-26H,6-8,11-19H2,1-2H3,(H2,34,36)(H,41,42)(H,35,37,38)/t20?,21-,22?,25?,26?/m1/s1. The minimum atomic E-state index is -1.30. The van der Waals surface area contributed by atoms with Gasteiger partial charge in [0.15, 0.2) is 23.1 Å². The number of amides is 1. The van der Waals surface area contributed by atoms with Gasteiger partial charge >= 0.3 is 6.09 Å². The van der Waals surface area contributed by atoms with E-state index in [-0.39, 0.29) is 23.6 Å². The Morgan fingerprint density at radius 1 is 0.976 bits per heavy atom. The number of amidine groups is 1. The second-order valence-corrected chi connectivity index (χ2v) is 13.1. The van der Waals surface area contributed by atoms with Crippen LogP contribution in [0.4, 0.5) is 10.6 Å². The van der Waals surface area contributed by atoms with Crippen LogP contribution in [0, 0.1) is 23.2 Å². The molecule has 42 heavy (non-hydrogen) atoms. The zero-order valence-corrected chi connectivity index (χ0v) is 25.0. The number of nitrogens with one attached hydrogen (secondary N) is 3. The molecule has 3 saturated carbocycles. The number of imidazole rings is 1. The molecule has 224 valence electrons. The van der Waals surface area contributed by atoms with Crippen molar-refractivity contribution in [1.82, 2.24) is 24.8 Å². The predicted octanol–water partition coefficient (Wildman–Crippen LogP) is 7.29. The lowest BCUT2D eigenvalue weighted by molar-refractivity contribution is 0.200. The summed E-state index contributed by atoms with van der Waals surface area (Å²) in [6.07, 6.45) is 11.8. The van der Waals surface area contributed by atoms with Crippen molar-refractivity contribution < 1.29 is 9.90 Å². The second kappa shape index (κ2) is 12.4. The van der Waals surface area contributed by atoms with Crippen molar-refractivity contribution in [2.45, 2.75) is 109 Å². The van der Waals surface area contributed by atoms with Crippen molar-refractivity contribution >= 4 is 28.9 Å². The molecule has 0 bridgehead atoms. The Morgan fingerprint density at radius 2 is 1.69 bits per heavy atom. The van der Waals surface area contributed by atoms with Gasteiger partial charge in [0.1, 0.15) is 11.3 Å². The van der Waals surface area contributed by atoms with Crippen LogP contribution in [-0.4, -0.2) is 42.6 Å². The number of carboxylic acid groups (broad SMARTS) is 1. The zero-order valence-electron chi connectivity index (χ0n) is 25.0. The molecule has 6 rings (SSSR count). The molecule has 0 radical (unpaired) electrons. The first-order valence-electron chi connectivity index (χ1n) is 16.1. The Hall–Kier alpha value is -3.49. The van der Waals surface area contributed by atoms with Crippen LogP contribution < -0.4 is 10.6 Å². The van der Waals surface area contributed by atoms with Gasteiger partial charge in [-0.2, -0.15) is 0 Å². The van der Waals surface area contributed by atoms with Crippen molar-refractivity contribution in [3.05, 3.63) is 47.5 Å². The Morgan fingerprint density at radius 3 is 2.36 bits per heavy atom. The highest BCUT2D eigenvalue weighted by atomic mass is 16.4. The minimum Gasteiger partial charge on any atom is -0.465 e. The fourth-order valence-corrected chi connectivity index (χ4v) is 7.48. The van der Waals surface area contributed by atoms with Crippen LogP contribution in [0.3, 0.4) is 0 Å². The van der Waals surface area contributed by atoms with E-state index in [1.165, 1.54) is 63.4 Å². The fourth-order valence-electron chi connectivity index (χ4n) is 7.48. The van der Waals surface area contributed by atoms with E-state index < -0.39 is 6.09 Å². The Bertz CT molecular complexity index is 1410. The van der Waals surface area contributed by atoms with Crippen molar-refractivity contribution in [3.8, 4) is 0 Å². The number of anilines is 1. The summed E-state index contributed by atoms with van der Waals surface area (Å²) >= 11 is 0. The van der Waals surface area contributed by atoms with Crippen LogP contribution in [0.5, 0.6) is 0 Å². The lowest BCUT2D eigenvalue weighted by Crippen LogP contribution is -2.33. The SMILES string of the molecule is CC1CCC(Cn2c(C3CCCCC3c3ccccc3)nc3nc(C(=N)NC(=O)O)nc(N[C@H](C)C4CCC4)c32)CC1. The number of nitrogens with zero attached hydrogens (tertiary/aromatic N) is 4. The van der Waals surface area contributed by atoms with Crippen LogP contribution in [0.1, 0.15) is 114 Å². The number of benzene rings is 1. The second-order valence-electron chi connectivity index (χ2n) is 13.1. The summed E-state index contributed by atoms with van der Waals surface area (Å²) in [4.78, 5) is 26.2. The summed E-state index contributed by atoms with van der Waals surface area (Å²) in [6, 6.07) is 11.1. The maximum Gasteiger partial charge on any atom is 0.410 e. The van der Waals surface area contributed by atoms with Crippen LogP contribution in [0.15, 0.2) is 30.3 Å². The summed E-state index contributed by atoms with van der Waals surface area (Å²) in [5, 5.41) is 23.5. The molecule has 0 saturated heterocycles. The molecule has 3 aromatic rings. The Kier molecular flexibility index (Phi) is 8.45. The molecular formula is C33H45N7O2. The molecule has 0 spiro atoms. The molecule has 0 aliphatic heterocycles. The van der Waals surface area contributed by atoms with Crippen LogP contribution in [0.2, 0.25) is 0 Å². The molecule has 3 aliphatic carbocycles. The summed E-state index contributed by atoms with van der Waals surface area (Å²) in [5.74, 6) is 4.02. The average molecular weight is 572 g/mol. The van der Waals surface area contributed by atoms with Gasteiger partial charge < -0.3 is 15.0 Å². The van der Waals surface area contributed by atoms with Crippen molar-refractivity contribution in [1.29, 1.82) is 5.41 Å². The third-order valence-electron chi connectivity index (χ3n) is 10.2. The summed E-state index contributed by atoms with van der Waals surface area (Å²) in [7, 11) is 0. The monoisotopic (exact) mass is 571 g/mol. The zero-order chi connectivity index (χ0) is 29.2. The van der Waals surface area contributed by atoms with Crippen molar-refractivity contribution in [2.24, 2.45) is 17.8 Å². The maximum atomic E-state index is 11.4. The van der Waals surface area contributed by atoms with Gasteiger partial charge in [0.2, 0.25) is 0 Å². The molecule has 9 heteroatoms. The molecular weight excluding hydrogens is 526 g/mol. The highest BCUT2D eigenvalue weighted by Crippen LogP contribution is 2.45. The van der Waals surface area contributed by atoms with Gasteiger partial charge in [0.05, 0.1) is 0 Å². The smallest absolute Gasteiger partial charge is 0.410 e. The van der Waals surface area contributed by atoms with E-state index in [9.17, 15) is 9.90 Å². The lowest BCUT2D eigenvalue weighted by atomic mass is 9.75. The minimum absolute atomic E-state index is 0.0548. The third kappa shape index (κ3) is 6.01. The Balaban J connectivity index is 1.48. The van der Waals surface area contributed by atoms with Gasteiger partial charge in [-0.05, 0) is 74.7 Å². The molecule has 3 fully saturated rings. The van der Waals surface area contributed by atoms with Gasteiger partial charge in [0.25, 0.3) is 0 Å². The number of aromatic nitrogens is 4. The first-order chi connectivity index (χ1) is 20.4. The van der Waals surface area contributed by atoms with E-state index in [4.69, 9.17) is 20.4 Å². The molecule has 1 aromatic carbocycles. The summed E-state index contributed by atoms with van der Waals surface area (Å²) < 4.78 is 2.43. The van der Waals surface area contributed by atoms with Gasteiger partial charge in [-0.3, -0.25) is 10.7 Å².